The van der Waals surface area contributed by atoms with Crippen LogP contribution in [0.15, 0.2) is 127 Å². The van der Waals surface area contributed by atoms with Gasteiger partial charge in [-0.15, -0.1) is 11.3 Å². The summed E-state index contributed by atoms with van der Waals surface area (Å²) in [6.07, 6.45) is 0. The lowest BCUT2D eigenvalue weighted by molar-refractivity contribution is 1.09. The van der Waals surface area contributed by atoms with Crippen molar-refractivity contribution in [2.24, 2.45) is 0 Å². The first-order valence-electron chi connectivity index (χ1n) is 14.2. The van der Waals surface area contributed by atoms with Gasteiger partial charge in [-0.1, -0.05) is 91.0 Å². The van der Waals surface area contributed by atoms with E-state index in [-0.39, 0.29) is 0 Å². The van der Waals surface area contributed by atoms with Gasteiger partial charge < -0.3 is 0 Å². The zero-order chi connectivity index (χ0) is 27.4. The van der Waals surface area contributed by atoms with E-state index >= 15 is 0 Å². The number of aromatic nitrogens is 3. The maximum atomic E-state index is 5.26. The lowest BCUT2D eigenvalue weighted by Crippen LogP contribution is -2.02. The Kier molecular flexibility index (Phi) is 4.33. The molecule has 4 heteroatoms. The summed E-state index contributed by atoms with van der Waals surface area (Å²) in [5.74, 6) is 0.880. The van der Waals surface area contributed by atoms with Gasteiger partial charge in [0.15, 0.2) is 5.82 Å². The van der Waals surface area contributed by atoms with Gasteiger partial charge in [0, 0.05) is 42.1 Å². The van der Waals surface area contributed by atoms with Gasteiger partial charge in [0.05, 0.1) is 22.1 Å². The molecule has 0 saturated carbocycles. The third-order valence-electron chi connectivity index (χ3n) is 8.74. The van der Waals surface area contributed by atoms with E-state index in [9.17, 15) is 0 Å². The molecule has 0 unspecified atom stereocenters. The van der Waals surface area contributed by atoms with Gasteiger partial charge >= 0.3 is 0 Å². The van der Waals surface area contributed by atoms with E-state index in [0.717, 1.165) is 33.6 Å². The Bertz CT molecular complexity index is 2590. The Morgan fingerprint density at radius 3 is 2.10 bits per heavy atom. The molecule has 0 saturated heterocycles. The number of rotatable bonds is 1. The summed E-state index contributed by atoms with van der Waals surface area (Å²) in [7, 11) is 0. The van der Waals surface area contributed by atoms with E-state index in [0.29, 0.717) is 0 Å². The molecule has 3 aromatic heterocycles. The number of nitrogens with zero attached hydrogens (tertiary/aromatic N) is 3. The molecule has 1 aliphatic heterocycles. The SMILES string of the molecule is c1ccc2c(c1)-c1nc3ccccc3nc1-n1c3ccc(-c4ccc5c(c4)sc4ccccc45)cc3c3cccc-2c31. The molecule has 4 heterocycles. The second-order valence-electron chi connectivity index (χ2n) is 11.0. The van der Waals surface area contributed by atoms with Crippen LogP contribution >= 0.6 is 11.3 Å². The molecular weight excluding hydrogens is 531 g/mol. The Balaban J connectivity index is 1.29. The zero-order valence-electron chi connectivity index (χ0n) is 22.4. The molecule has 0 amide bonds. The second-order valence-corrected chi connectivity index (χ2v) is 12.1. The van der Waals surface area contributed by atoms with Crippen LogP contribution in [-0.4, -0.2) is 14.5 Å². The van der Waals surface area contributed by atoms with E-state index in [1.54, 1.807) is 0 Å². The average molecular weight is 552 g/mol. The van der Waals surface area contributed by atoms with Gasteiger partial charge in [0.1, 0.15) is 5.69 Å². The fourth-order valence-corrected chi connectivity index (χ4v) is 7.99. The number of benzene rings is 6. The van der Waals surface area contributed by atoms with Crippen molar-refractivity contribution in [3.8, 4) is 39.3 Å². The molecule has 0 N–H and O–H groups in total. The number of fused-ring (bicyclic) bond motifs is 12. The predicted molar refractivity (Wildman–Crippen MR) is 177 cm³/mol. The largest absolute Gasteiger partial charge is 0.291 e. The van der Waals surface area contributed by atoms with Crippen LogP contribution in [0, 0.1) is 0 Å². The summed E-state index contributed by atoms with van der Waals surface area (Å²) in [6, 6.07) is 45.9. The number of hydrogen-bond donors (Lipinski definition) is 0. The molecule has 0 radical (unpaired) electrons. The minimum Gasteiger partial charge on any atom is -0.291 e. The molecule has 194 valence electrons. The monoisotopic (exact) mass is 551 g/mol. The highest BCUT2D eigenvalue weighted by molar-refractivity contribution is 7.25. The summed E-state index contributed by atoms with van der Waals surface area (Å²) in [5, 5.41) is 5.10. The van der Waals surface area contributed by atoms with Gasteiger partial charge in [-0.3, -0.25) is 4.57 Å². The highest BCUT2D eigenvalue weighted by atomic mass is 32.1. The third-order valence-corrected chi connectivity index (χ3v) is 9.87. The van der Waals surface area contributed by atoms with E-state index in [1.807, 2.05) is 29.5 Å². The van der Waals surface area contributed by atoms with Crippen LogP contribution in [-0.2, 0) is 0 Å². The van der Waals surface area contributed by atoms with Crippen LogP contribution in [0.5, 0.6) is 0 Å². The smallest absolute Gasteiger partial charge is 0.165 e. The van der Waals surface area contributed by atoms with Gasteiger partial charge in [-0.25, -0.2) is 9.97 Å². The quantitative estimate of drug-likeness (QED) is 0.203. The maximum absolute atomic E-state index is 5.26. The van der Waals surface area contributed by atoms with Crippen LogP contribution in [0.1, 0.15) is 0 Å². The van der Waals surface area contributed by atoms with E-state index in [1.165, 1.54) is 58.7 Å². The van der Waals surface area contributed by atoms with Crippen molar-refractivity contribution >= 4 is 64.3 Å². The first-order valence-corrected chi connectivity index (χ1v) is 15.0. The van der Waals surface area contributed by atoms with Crippen LogP contribution in [0.25, 0.3) is 92.3 Å². The number of hydrogen-bond acceptors (Lipinski definition) is 3. The van der Waals surface area contributed by atoms with E-state index in [4.69, 9.17) is 9.97 Å². The van der Waals surface area contributed by atoms with Crippen LogP contribution in [0.2, 0.25) is 0 Å². The minimum absolute atomic E-state index is 0.880. The summed E-state index contributed by atoms with van der Waals surface area (Å²) in [4.78, 5) is 10.5. The normalized spacial score (nSPS) is 12.3. The Labute approximate surface area is 245 Å². The summed E-state index contributed by atoms with van der Waals surface area (Å²) in [6.45, 7) is 0. The van der Waals surface area contributed by atoms with Crippen molar-refractivity contribution in [2.75, 3.05) is 0 Å². The van der Waals surface area contributed by atoms with E-state index < -0.39 is 0 Å². The topological polar surface area (TPSA) is 30.7 Å². The summed E-state index contributed by atoms with van der Waals surface area (Å²) >= 11 is 1.86. The third kappa shape index (κ3) is 2.94. The average Bonchev–Trinajstić information content (AvgIpc) is 3.55. The molecule has 0 spiro atoms. The van der Waals surface area contributed by atoms with Crippen molar-refractivity contribution in [1.82, 2.24) is 14.5 Å². The van der Waals surface area contributed by atoms with Crippen LogP contribution < -0.4 is 0 Å². The minimum atomic E-state index is 0.880. The summed E-state index contributed by atoms with van der Waals surface area (Å²) < 4.78 is 4.99. The van der Waals surface area contributed by atoms with Crippen molar-refractivity contribution in [3.63, 3.8) is 0 Å². The maximum Gasteiger partial charge on any atom is 0.165 e. The van der Waals surface area contributed by atoms with Crippen LogP contribution in [0.3, 0.4) is 0 Å². The van der Waals surface area contributed by atoms with Gasteiger partial charge in [0.2, 0.25) is 0 Å². The highest BCUT2D eigenvalue weighted by Crippen LogP contribution is 2.46. The Morgan fingerprint density at radius 2 is 1.17 bits per heavy atom. The van der Waals surface area contributed by atoms with Crippen molar-refractivity contribution in [3.05, 3.63) is 127 Å². The standard InChI is InChI=1S/C38H21N3S/c1-2-10-27-24(8-1)28-11-7-12-29-30-20-22(23-16-18-26-25-9-3-6-15-34(25)42-35(26)21-23)17-19-33(30)41(37(28)29)38-36(27)39-31-13-4-5-14-32(31)40-38/h1-21H. The van der Waals surface area contributed by atoms with Crippen LogP contribution in [0.4, 0.5) is 0 Å². The van der Waals surface area contributed by atoms with Crippen molar-refractivity contribution in [2.45, 2.75) is 0 Å². The fraction of sp³-hybridized carbons (Fsp3) is 0. The first-order chi connectivity index (χ1) is 20.8. The molecule has 0 bridgehead atoms. The molecule has 0 fully saturated rings. The van der Waals surface area contributed by atoms with Gasteiger partial charge in [-0.2, -0.15) is 0 Å². The second kappa shape index (κ2) is 8.12. The van der Waals surface area contributed by atoms with E-state index in [2.05, 4.69) is 114 Å². The van der Waals surface area contributed by atoms with Gasteiger partial charge in [0.25, 0.3) is 0 Å². The lowest BCUT2D eigenvalue weighted by Gasteiger charge is -2.12. The fourth-order valence-electron chi connectivity index (χ4n) is 6.84. The Morgan fingerprint density at radius 1 is 0.476 bits per heavy atom. The molecule has 0 atom stereocenters. The lowest BCUT2D eigenvalue weighted by atomic mass is 9.96. The molecule has 0 aliphatic carbocycles. The highest BCUT2D eigenvalue weighted by Gasteiger charge is 2.26. The predicted octanol–water partition coefficient (Wildman–Crippen LogP) is 10.4. The van der Waals surface area contributed by atoms with Crippen molar-refractivity contribution < 1.29 is 0 Å². The molecule has 3 nitrogen and oxygen atoms in total. The molecule has 10 rings (SSSR count). The molecule has 1 aliphatic rings. The molecule has 9 aromatic rings. The Hall–Kier alpha value is -5.32. The molecule has 42 heavy (non-hydrogen) atoms. The number of para-hydroxylation sites is 3. The zero-order valence-corrected chi connectivity index (χ0v) is 23.2. The number of thiophene rings is 1. The van der Waals surface area contributed by atoms with Crippen molar-refractivity contribution in [1.29, 1.82) is 0 Å². The molecular formula is C38H21N3S. The van der Waals surface area contributed by atoms with Gasteiger partial charge in [-0.05, 0) is 53.1 Å². The first kappa shape index (κ1) is 22.4. The summed E-state index contributed by atoms with van der Waals surface area (Å²) in [5.41, 5.74) is 11.0. The molecule has 6 aromatic carbocycles.